The van der Waals surface area contributed by atoms with Crippen LogP contribution >= 0.6 is 0 Å². The maximum absolute atomic E-state index is 12.5. The molecule has 0 aromatic heterocycles. The third kappa shape index (κ3) is 9.82. The Balaban J connectivity index is 2.07. The van der Waals surface area contributed by atoms with Gasteiger partial charge in [0.2, 0.25) is 0 Å². The average molecular weight is 464 g/mol. The minimum atomic E-state index is -3.65. The SMILES string of the molecule is CC(C)(C)OC(=O)NCC(CC(=O)OCc1ccccc1)c1ccc(OS(C)(=O)=O)cc1. The van der Waals surface area contributed by atoms with Gasteiger partial charge in [0.1, 0.15) is 18.0 Å². The molecule has 1 N–H and O–H groups in total. The van der Waals surface area contributed by atoms with Gasteiger partial charge in [-0.25, -0.2) is 4.79 Å². The number of benzene rings is 2. The number of carbonyl (C=O) groups excluding carboxylic acids is 2. The first kappa shape index (κ1) is 25.2. The Morgan fingerprint density at radius 2 is 1.62 bits per heavy atom. The molecule has 2 aromatic rings. The van der Waals surface area contributed by atoms with Crippen LogP contribution in [-0.2, 0) is 31.0 Å². The van der Waals surface area contributed by atoms with E-state index in [-0.39, 0.29) is 25.3 Å². The Kier molecular flexibility index (Phi) is 8.65. The molecule has 2 rings (SSSR count). The van der Waals surface area contributed by atoms with Crippen LogP contribution in [0.4, 0.5) is 4.79 Å². The first-order chi connectivity index (χ1) is 14.9. The highest BCUT2D eigenvalue weighted by Crippen LogP contribution is 2.24. The number of amides is 1. The first-order valence-corrected chi connectivity index (χ1v) is 11.9. The van der Waals surface area contributed by atoms with E-state index in [1.165, 1.54) is 12.1 Å². The molecule has 8 nitrogen and oxygen atoms in total. The number of alkyl carbamates (subject to hydrolysis) is 1. The molecule has 0 saturated carbocycles. The summed E-state index contributed by atoms with van der Waals surface area (Å²) < 4.78 is 38.1. The number of carbonyl (C=O) groups is 2. The second-order valence-electron chi connectivity index (χ2n) is 8.29. The van der Waals surface area contributed by atoms with Gasteiger partial charge in [-0.05, 0) is 44.0 Å². The Morgan fingerprint density at radius 3 is 2.19 bits per heavy atom. The van der Waals surface area contributed by atoms with Crippen molar-refractivity contribution in [2.45, 2.75) is 45.3 Å². The lowest BCUT2D eigenvalue weighted by Crippen LogP contribution is -2.35. The van der Waals surface area contributed by atoms with E-state index in [0.29, 0.717) is 5.56 Å². The van der Waals surface area contributed by atoms with Crippen LogP contribution < -0.4 is 9.50 Å². The third-order valence-electron chi connectivity index (χ3n) is 4.15. The van der Waals surface area contributed by atoms with Crippen molar-refractivity contribution in [1.82, 2.24) is 5.32 Å². The third-order valence-corrected chi connectivity index (χ3v) is 4.64. The molecule has 0 fully saturated rings. The van der Waals surface area contributed by atoms with Crippen molar-refractivity contribution in [1.29, 1.82) is 0 Å². The van der Waals surface area contributed by atoms with E-state index in [0.717, 1.165) is 11.8 Å². The summed E-state index contributed by atoms with van der Waals surface area (Å²) in [6.07, 6.45) is 0.365. The van der Waals surface area contributed by atoms with E-state index in [1.54, 1.807) is 32.9 Å². The van der Waals surface area contributed by atoms with Crippen LogP contribution in [0.1, 0.15) is 44.2 Å². The maximum atomic E-state index is 12.5. The summed E-state index contributed by atoms with van der Waals surface area (Å²) in [6.45, 7) is 5.54. The predicted molar refractivity (Wildman–Crippen MR) is 120 cm³/mol. The van der Waals surface area contributed by atoms with Crippen LogP contribution in [0.5, 0.6) is 5.75 Å². The summed E-state index contributed by atoms with van der Waals surface area (Å²) in [5.41, 5.74) is 0.920. The molecule has 0 aliphatic heterocycles. The lowest BCUT2D eigenvalue weighted by atomic mass is 9.95. The molecule has 2 aromatic carbocycles. The fourth-order valence-corrected chi connectivity index (χ4v) is 3.26. The van der Waals surface area contributed by atoms with Gasteiger partial charge >= 0.3 is 22.2 Å². The van der Waals surface area contributed by atoms with Crippen LogP contribution in [0, 0.1) is 0 Å². The zero-order valence-electron chi connectivity index (χ0n) is 18.7. The highest BCUT2D eigenvalue weighted by molar-refractivity contribution is 7.86. The Morgan fingerprint density at radius 1 is 1.00 bits per heavy atom. The number of rotatable bonds is 9. The molecule has 0 aliphatic rings. The second kappa shape index (κ2) is 11.0. The average Bonchev–Trinajstić information content (AvgIpc) is 2.68. The zero-order valence-corrected chi connectivity index (χ0v) is 19.5. The van der Waals surface area contributed by atoms with Gasteiger partial charge in [0.05, 0.1) is 12.7 Å². The molecule has 9 heteroatoms. The van der Waals surface area contributed by atoms with E-state index in [4.69, 9.17) is 13.7 Å². The molecule has 0 heterocycles. The second-order valence-corrected chi connectivity index (χ2v) is 9.86. The van der Waals surface area contributed by atoms with E-state index in [2.05, 4.69) is 5.32 Å². The van der Waals surface area contributed by atoms with E-state index in [1.807, 2.05) is 30.3 Å². The molecule has 0 bridgehead atoms. The summed E-state index contributed by atoms with van der Waals surface area (Å²) >= 11 is 0. The van der Waals surface area contributed by atoms with Crippen LogP contribution in [0.25, 0.3) is 0 Å². The Hall–Kier alpha value is -3.07. The fourth-order valence-electron chi connectivity index (χ4n) is 2.80. The van der Waals surface area contributed by atoms with Crippen molar-refractivity contribution in [2.75, 3.05) is 12.8 Å². The van der Waals surface area contributed by atoms with E-state index >= 15 is 0 Å². The minimum Gasteiger partial charge on any atom is -0.461 e. The molecule has 0 aliphatic carbocycles. The molecule has 174 valence electrons. The van der Waals surface area contributed by atoms with Crippen LogP contribution in [0.2, 0.25) is 0 Å². The van der Waals surface area contributed by atoms with Crippen molar-refractivity contribution in [3.63, 3.8) is 0 Å². The summed E-state index contributed by atoms with van der Waals surface area (Å²) in [5.74, 6) is -0.693. The quantitative estimate of drug-likeness (QED) is 0.445. The Labute approximate surface area is 189 Å². The lowest BCUT2D eigenvalue weighted by Gasteiger charge is -2.22. The number of ether oxygens (including phenoxy) is 2. The minimum absolute atomic E-state index is 0.00884. The molecule has 0 radical (unpaired) electrons. The van der Waals surface area contributed by atoms with Gasteiger partial charge in [-0.3, -0.25) is 4.79 Å². The van der Waals surface area contributed by atoms with Crippen LogP contribution in [0.3, 0.4) is 0 Å². The van der Waals surface area contributed by atoms with Crippen LogP contribution in [0.15, 0.2) is 54.6 Å². The highest BCUT2D eigenvalue weighted by atomic mass is 32.2. The molecule has 1 amide bonds. The molecule has 0 spiro atoms. The maximum Gasteiger partial charge on any atom is 0.407 e. The van der Waals surface area contributed by atoms with Gasteiger partial charge in [0, 0.05) is 12.5 Å². The monoisotopic (exact) mass is 463 g/mol. The number of hydrogen-bond donors (Lipinski definition) is 1. The summed E-state index contributed by atoms with van der Waals surface area (Å²) in [6, 6.07) is 15.6. The van der Waals surface area contributed by atoms with Gasteiger partial charge in [0.25, 0.3) is 0 Å². The summed E-state index contributed by atoms with van der Waals surface area (Å²) in [4.78, 5) is 24.5. The molecular formula is C23H29NO7S. The lowest BCUT2D eigenvalue weighted by molar-refractivity contribution is -0.145. The van der Waals surface area contributed by atoms with Gasteiger partial charge in [0.15, 0.2) is 0 Å². The first-order valence-electron chi connectivity index (χ1n) is 10.1. The predicted octanol–water partition coefficient (Wildman–Crippen LogP) is 3.77. The molecular weight excluding hydrogens is 434 g/mol. The number of hydrogen-bond acceptors (Lipinski definition) is 7. The topological polar surface area (TPSA) is 108 Å². The fraction of sp³-hybridized carbons (Fsp3) is 0.391. The van der Waals surface area contributed by atoms with E-state index < -0.39 is 33.7 Å². The Bertz CT molecular complexity index is 997. The molecule has 1 unspecified atom stereocenters. The largest absolute Gasteiger partial charge is 0.461 e. The smallest absolute Gasteiger partial charge is 0.407 e. The number of nitrogens with one attached hydrogen (secondary N) is 1. The van der Waals surface area contributed by atoms with Crippen LogP contribution in [-0.4, -0.2) is 38.9 Å². The van der Waals surface area contributed by atoms with Crippen molar-refractivity contribution < 1.29 is 31.7 Å². The van der Waals surface area contributed by atoms with Crippen molar-refractivity contribution in [2.24, 2.45) is 0 Å². The normalized spacial score (nSPS) is 12.5. The standard InChI is InChI=1S/C23H29NO7S/c1-23(2,3)30-22(26)24-15-19(14-21(25)29-16-17-8-6-5-7-9-17)18-10-12-20(13-11-18)31-32(4,27)28/h5-13,19H,14-16H2,1-4H3,(H,24,26). The van der Waals surface area contributed by atoms with Gasteiger partial charge in [-0.15, -0.1) is 0 Å². The molecule has 32 heavy (non-hydrogen) atoms. The number of esters is 1. The van der Waals surface area contributed by atoms with E-state index in [9.17, 15) is 18.0 Å². The summed E-state index contributed by atoms with van der Waals surface area (Å²) in [7, 11) is -3.65. The van der Waals surface area contributed by atoms with Gasteiger partial charge in [-0.2, -0.15) is 8.42 Å². The van der Waals surface area contributed by atoms with Gasteiger partial charge in [-0.1, -0.05) is 42.5 Å². The highest BCUT2D eigenvalue weighted by Gasteiger charge is 2.21. The zero-order chi connectivity index (χ0) is 23.8. The van der Waals surface area contributed by atoms with Gasteiger partial charge < -0.3 is 19.0 Å². The summed E-state index contributed by atoms with van der Waals surface area (Å²) in [5, 5.41) is 2.67. The van der Waals surface area contributed by atoms with Crippen molar-refractivity contribution in [3.05, 3.63) is 65.7 Å². The molecule has 0 saturated heterocycles. The van der Waals surface area contributed by atoms with Crippen molar-refractivity contribution >= 4 is 22.2 Å². The molecule has 1 atom stereocenters. The van der Waals surface area contributed by atoms with Crippen molar-refractivity contribution in [3.8, 4) is 5.75 Å².